The number of rotatable bonds is 9. The van der Waals surface area contributed by atoms with Gasteiger partial charge in [0.05, 0.1) is 13.1 Å². The van der Waals surface area contributed by atoms with Gasteiger partial charge in [0.2, 0.25) is 11.0 Å². The molecular formula is C11H21N5OS. The summed E-state index contributed by atoms with van der Waals surface area (Å²) in [7, 11) is 0. The Balaban J connectivity index is 2.54. The van der Waals surface area contributed by atoms with E-state index >= 15 is 0 Å². The second kappa shape index (κ2) is 7.99. The fraction of sp³-hybridized carbons (Fsp3) is 0.727. The molecule has 0 aliphatic heterocycles. The van der Waals surface area contributed by atoms with Crippen molar-refractivity contribution >= 4 is 22.4 Å². The summed E-state index contributed by atoms with van der Waals surface area (Å²) in [5.41, 5.74) is 5.25. The van der Waals surface area contributed by atoms with Crippen LogP contribution in [0.15, 0.2) is 0 Å². The molecule has 0 fully saturated rings. The van der Waals surface area contributed by atoms with Crippen LogP contribution in [0, 0.1) is 0 Å². The van der Waals surface area contributed by atoms with E-state index in [0.29, 0.717) is 6.54 Å². The third kappa shape index (κ3) is 5.42. The fourth-order valence-electron chi connectivity index (χ4n) is 1.55. The zero-order valence-electron chi connectivity index (χ0n) is 11.0. The maximum absolute atomic E-state index is 11.0. The first-order valence-corrected chi connectivity index (χ1v) is 7.04. The van der Waals surface area contributed by atoms with Crippen molar-refractivity contribution in [3.63, 3.8) is 0 Å². The average Bonchev–Trinajstić information content (AvgIpc) is 2.73. The molecule has 18 heavy (non-hydrogen) atoms. The maximum atomic E-state index is 11.0. The summed E-state index contributed by atoms with van der Waals surface area (Å²) >= 11 is 1.52. The summed E-state index contributed by atoms with van der Waals surface area (Å²) in [6.07, 6.45) is 2.14. The highest BCUT2D eigenvalue weighted by molar-refractivity contribution is 7.15. The van der Waals surface area contributed by atoms with Crippen molar-refractivity contribution < 1.29 is 4.79 Å². The van der Waals surface area contributed by atoms with E-state index in [1.165, 1.54) is 11.3 Å². The summed E-state index contributed by atoms with van der Waals surface area (Å²) < 4.78 is 0. The summed E-state index contributed by atoms with van der Waals surface area (Å²) in [5, 5.41) is 13.0. The molecule has 1 amide bonds. The van der Waals surface area contributed by atoms with Crippen LogP contribution in [0.5, 0.6) is 0 Å². The molecule has 1 heterocycles. The summed E-state index contributed by atoms with van der Waals surface area (Å²) in [6, 6.07) is 0. The number of nitrogens with one attached hydrogen (secondary N) is 1. The van der Waals surface area contributed by atoms with Gasteiger partial charge in [-0.1, -0.05) is 24.7 Å². The molecule has 0 radical (unpaired) electrons. The number of unbranched alkanes of at least 4 members (excludes halogenated alkanes) is 1. The molecule has 3 N–H and O–H groups in total. The van der Waals surface area contributed by atoms with E-state index in [2.05, 4.69) is 22.4 Å². The van der Waals surface area contributed by atoms with Crippen LogP contribution in [0.4, 0.5) is 5.13 Å². The van der Waals surface area contributed by atoms with E-state index in [1.54, 1.807) is 0 Å². The van der Waals surface area contributed by atoms with Gasteiger partial charge in [0.1, 0.15) is 5.01 Å². The zero-order chi connectivity index (χ0) is 13.4. The number of amides is 1. The van der Waals surface area contributed by atoms with E-state index in [4.69, 9.17) is 5.73 Å². The first-order chi connectivity index (χ1) is 8.65. The zero-order valence-corrected chi connectivity index (χ0v) is 11.8. The highest BCUT2D eigenvalue weighted by atomic mass is 32.1. The Morgan fingerprint density at radius 1 is 1.44 bits per heavy atom. The standard InChI is InChI=1S/C11H21N5OS/c1-3-5-6-16(7-9(12)17)8-10-14-15-11(18-10)13-4-2/h3-8H2,1-2H3,(H2,12,17)(H,13,15). The molecule has 0 aromatic carbocycles. The number of anilines is 1. The van der Waals surface area contributed by atoms with Crippen molar-refractivity contribution in [3.8, 4) is 0 Å². The number of nitrogens with zero attached hydrogens (tertiary/aromatic N) is 3. The molecule has 102 valence electrons. The lowest BCUT2D eigenvalue weighted by Crippen LogP contribution is -2.34. The molecular weight excluding hydrogens is 250 g/mol. The summed E-state index contributed by atoms with van der Waals surface area (Å²) in [4.78, 5) is 13.0. The molecule has 0 aliphatic carbocycles. The molecule has 0 unspecified atom stereocenters. The number of nitrogens with two attached hydrogens (primary N) is 1. The Kier molecular flexibility index (Phi) is 6.59. The third-order valence-electron chi connectivity index (χ3n) is 2.36. The second-order valence-electron chi connectivity index (χ2n) is 4.06. The van der Waals surface area contributed by atoms with Crippen LogP contribution in [0.2, 0.25) is 0 Å². The molecule has 0 bridgehead atoms. The minimum atomic E-state index is -0.303. The predicted octanol–water partition coefficient (Wildman–Crippen LogP) is 1.06. The van der Waals surface area contributed by atoms with Crippen LogP contribution >= 0.6 is 11.3 Å². The van der Waals surface area contributed by atoms with Gasteiger partial charge >= 0.3 is 0 Å². The van der Waals surface area contributed by atoms with Gasteiger partial charge in [-0.15, -0.1) is 10.2 Å². The number of carbonyl (C=O) groups is 1. The first kappa shape index (κ1) is 14.8. The van der Waals surface area contributed by atoms with E-state index in [0.717, 1.165) is 36.1 Å². The smallest absolute Gasteiger partial charge is 0.231 e. The van der Waals surface area contributed by atoms with Gasteiger partial charge in [-0.25, -0.2) is 0 Å². The number of aromatic nitrogens is 2. The topological polar surface area (TPSA) is 84.1 Å². The molecule has 0 aliphatic rings. The SMILES string of the molecule is CCCCN(CC(N)=O)Cc1nnc(NCC)s1. The number of carbonyl (C=O) groups excluding carboxylic acids is 1. The maximum Gasteiger partial charge on any atom is 0.231 e. The van der Waals surface area contributed by atoms with Crippen LogP contribution in [0.1, 0.15) is 31.7 Å². The van der Waals surface area contributed by atoms with E-state index < -0.39 is 0 Å². The van der Waals surface area contributed by atoms with E-state index in [-0.39, 0.29) is 12.5 Å². The number of primary amides is 1. The Labute approximate surface area is 112 Å². The van der Waals surface area contributed by atoms with Crippen LogP contribution in [0.3, 0.4) is 0 Å². The lowest BCUT2D eigenvalue weighted by Gasteiger charge is -2.18. The van der Waals surface area contributed by atoms with Gasteiger partial charge in [0, 0.05) is 6.54 Å². The van der Waals surface area contributed by atoms with Crippen molar-refractivity contribution in [3.05, 3.63) is 5.01 Å². The van der Waals surface area contributed by atoms with Gasteiger partial charge in [0.25, 0.3) is 0 Å². The monoisotopic (exact) mass is 271 g/mol. The van der Waals surface area contributed by atoms with Crippen LogP contribution in [-0.4, -0.2) is 40.6 Å². The fourth-order valence-corrected chi connectivity index (χ4v) is 2.40. The van der Waals surface area contributed by atoms with E-state index in [9.17, 15) is 4.79 Å². The normalized spacial score (nSPS) is 10.8. The lowest BCUT2D eigenvalue weighted by molar-refractivity contribution is -0.119. The minimum Gasteiger partial charge on any atom is -0.369 e. The molecule has 1 aromatic heterocycles. The van der Waals surface area contributed by atoms with Gasteiger partial charge in [-0.05, 0) is 19.9 Å². The van der Waals surface area contributed by atoms with Gasteiger partial charge < -0.3 is 11.1 Å². The Morgan fingerprint density at radius 2 is 2.22 bits per heavy atom. The van der Waals surface area contributed by atoms with Gasteiger partial charge in [-0.2, -0.15) is 0 Å². The molecule has 1 aromatic rings. The third-order valence-corrected chi connectivity index (χ3v) is 3.23. The minimum absolute atomic E-state index is 0.274. The quantitative estimate of drug-likeness (QED) is 0.701. The summed E-state index contributed by atoms with van der Waals surface area (Å²) in [5.74, 6) is -0.303. The van der Waals surface area contributed by atoms with Gasteiger partial charge in [-0.3, -0.25) is 9.69 Å². The van der Waals surface area contributed by atoms with Crippen molar-refractivity contribution in [2.75, 3.05) is 25.0 Å². The first-order valence-electron chi connectivity index (χ1n) is 6.22. The highest BCUT2D eigenvalue weighted by Crippen LogP contribution is 2.16. The highest BCUT2D eigenvalue weighted by Gasteiger charge is 2.12. The van der Waals surface area contributed by atoms with Crippen molar-refractivity contribution in [1.82, 2.24) is 15.1 Å². The lowest BCUT2D eigenvalue weighted by atomic mass is 10.3. The number of hydrogen-bond acceptors (Lipinski definition) is 6. The van der Waals surface area contributed by atoms with Crippen LogP contribution in [-0.2, 0) is 11.3 Å². The van der Waals surface area contributed by atoms with E-state index in [1.807, 2.05) is 11.8 Å². The average molecular weight is 271 g/mol. The Hall–Kier alpha value is -1.21. The van der Waals surface area contributed by atoms with Gasteiger partial charge in [0.15, 0.2) is 0 Å². The van der Waals surface area contributed by atoms with Crippen molar-refractivity contribution in [2.24, 2.45) is 5.73 Å². The Morgan fingerprint density at radius 3 is 2.83 bits per heavy atom. The van der Waals surface area contributed by atoms with Crippen LogP contribution in [0.25, 0.3) is 0 Å². The molecule has 1 rings (SSSR count). The molecule has 7 heteroatoms. The predicted molar refractivity (Wildman–Crippen MR) is 73.5 cm³/mol. The molecule has 0 spiro atoms. The molecule has 6 nitrogen and oxygen atoms in total. The van der Waals surface area contributed by atoms with Crippen LogP contribution < -0.4 is 11.1 Å². The summed E-state index contributed by atoms with van der Waals surface area (Å²) in [6.45, 7) is 6.73. The number of hydrogen-bond donors (Lipinski definition) is 2. The van der Waals surface area contributed by atoms with Crippen molar-refractivity contribution in [2.45, 2.75) is 33.2 Å². The van der Waals surface area contributed by atoms with Crippen molar-refractivity contribution in [1.29, 1.82) is 0 Å². The second-order valence-corrected chi connectivity index (χ2v) is 5.12. The largest absolute Gasteiger partial charge is 0.369 e. The Bertz CT molecular complexity index is 368. The molecule has 0 saturated heterocycles. The molecule has 0 saturated carbocycles. The molecule has 0 atom stereocenters.